The molecule has 0 amide bonds. The molecule has 7 heteroatoms. The molecule has 0 atom stereocenters. The summed E-state index contributed by atoms with van der Waals surface area (Å²) < 4.78 is 11.3. The third-order valence-corrected chi connectivity index (χ3v) is 5.25. The number of aromatic nitrogens is 2. The summed E-state index contributed by atoms with van der Waals surface area (Å²) in [5.41, 5.74) is 10.8. The lowest BCUT2D eigenvalue weighted by Crippen LogP contribution is -2.15. The third-order valence-electron chi connectivity index (χ3n) is 5.25. The van der Waals surface area contributed by atoms with Crippen LogP contribution in [0.15, 0.2) is 54.9 Å². The van der Waals surface area contributed by atoms with Crippen molar-refractivity contribution in [3.05, 3.63) is 77.4 Å². The van der Waals surface area contributed by atoms with E-state index in [2.05, 4.69) is 54.9 Å². The van der Waals surface area contributed by atoms with Crippen LogP contribution in [0.2, 0.25) is 0 Å². The van der Waals surface area contributed by atoms with Gasteiger partial charge in [0.05, 0.1) is 20.6 Å². The first kappa shape index (κ1) is 27.4. The van der Waals surface area contributed by atoms with Crippen molar-refractivity contribution in [2.24, 2.45) is 5.73 Å². The fourth-order valence-electron chi connectivity index (χ4n) is 3.29. The van der Waals surface area contributed by atoms with Gasteiger partial charge in [-0.1, -0.05) is 42.7 Å². The van der Waals surface area contributed by atoms with Gasteiger partial charge in [0, 0.05) is 37.5 Å². The van der Waals surface area contributed by atoms with Crippen molar-refractivity contribution >= 4 is 11.9 Å². The molecule has 0 aliphatic carbocycles. The van der Waals surface area contributed by atoms with Gasteiger partial charge < -0.3 is 19.8 Å². The summed E-state index contributed by atoms with van der Waals surface area (Å²) in [6.07, 6.45) is 5.09. The van der Waals surface area contributed by atoms with E-state index >= 15 is 0 Å². The number of carbonyl (C=O) groups excluding carboxylic acids is 2. The maximum absolute atomic E-state index is 12.2. The molecular weight excluding hydrogens is 442 g/mol. The predicted octanol–water partition coefficient (Wildman–Crippen LogP) is 4.16. The summed E-state index contributed by atoms with van der Waals surface area (Å²) in [7, 11) is 2.63. The van der Waals surface area contributed by atoms with Crippen LogP contribution in [0.5, 0.6) is 0 Å². The topological polar surface area (TPSA) is 96.4 Å². The fraction of sp³-hybridized carbons (Fsp3) is 0.321. The molecule has 0 bridgehead atoms. The van der Waals surface area contributed by atoms with Crippen molar-refractivity contribution in [1.29, 1.82) is 0 Å². The number of rotatable bonds is 7. The zero-order valence-corrected chi connectivity index (χ0v) is 20.8. The van der Waals surface area contributed by atoms with Crippen molar-refractivity contribution in [3.8, 4) is 23.0 Å². The number of aryl methyl sites for hydroxylation is 2. The molecule has 2 heterocycles. The number of methoxy groups -OCH3 is 2. The molecule has 0 saturated heterocycles. The minimum absolute atomic E-state index is 0.108. The minimum atomic E-state index is -0.503. The standard InChI is InChI=1S/C19H21N3O4.C9H12/c1-25-18(23)8-12-22-16(5-3-4-9-20)15(13-17(22)19(24)26-2)14-6-10-21-11-7-14;1-3-9-6-4-8(2)5-7-9/h6-7,10-11,13H,4,8-9,12,20H2,1-2H3;4-7H,3H2,1-2H3. The molecule has 0 aliphatic rings. The Hall–Kier alpha value is -3.89. The quantitative estimate of drug-likeness (QED) is 0.407. The number of nitrogens with zero attached hydrogens (tertiary/aromatic N) is 2. The minimum Gasteiger partial charge on any atom is -0.469 e. The fourth-order valence-corrected chi connectivity index (χ4v) is 3.29. The Kier molecular flexibility index (Phi) is 11.2. The Balaban J connectivity index is 0.000000402. The van der Waals surface area contributed by atoms with Crippen LogP contribution in [0, 0.1) is 18.8 Å². The number of benzene rings is 1. The van der Waals surface area contributed by atoms with E-state index in [0.29, 0.717) is 24.4 Å². The van der Waals surface area contributed by atoms with Gasteiger partial charge in [-0.2, -0.15) is 0 Å². The Morgan fingerprint density at radius 2 is 1.74 bits per heavy atom. The Labute approximate surface area is 207 Å². The van der Waals surface area contributed by atoms with Gasteiger partial charge in [0.25, 0.3) is 0 Å². The number of nitrogens with two attached hydrogens (primary N) is 1. The average molecular weight is 476 g/mol. The normalized spacial score (nSPS) is 9.86. The summed E-state index contributed by atoms with van der Waals surface area (Å²) >= 11 is 0. The Morgan fingerprint density at radius 3 is 2.31 bits per heavy atom. The second kappa shape index (κ2) is 14.4. The molecule has 184 valence electrons. The summed E-state index contributed by atoms with van der Waals surface area (Å²) in [6, 6.07) is 14.0. The highest BCUT2D eigenvalue weighted by Gasteiger charge is 2.21. The summed E-state index contributed by atoms with van der Waals surface area (Å²) in [4.78, 5) is 27.8. The van der Waals surface area contributed by atoms with Gasteiger partial charge in [0.15, 0.2) is 0 Å². The molecule has 3 aromatic rings. The van der Waals surface area contributed by atoms with E-state index in [0.717, 1.165) is 17.5 Å². The maximum atomic E-state index is 12.2. The van der Waals surface area contributed by atoms with Gasteiger partial charge in [-0.15, -0.1) is 0 Å². The zero-order chi connectivity index (χ0) is 25.6. The van der Waals surface area contributed by atoms with Crippen LogP contribution in [-0.2, 0) is 27.2 Å². The van der Waals surface area contributed by atoms with Crippen LogP contribution in [-0.4, -0.2) is 42.3 Å². The predicted molar refractivity (Wildman–Crippen MR) is 137 cm³/mol. The highest BCUT2D eigenvalue weighted by atomic mass is 16.5. The van der Waals surface area contributed by atoms with Crippen molar-refractivity contribution in [2.75, 3.05) is 20.8 Å². The second-order valence-electron chi connectivity index (χ2n) is 7.68. The second-order valence-corrected chi connectivity index (χ2v) is 7.68. The molecule has 7 nitrogen and oxygen atoms in total. The van der Waals surface area contributed by atoms with Crippen LogP contribution in [0.3, 0.4) is 0 Å². The largest absolute Gasteiger partial charge is 0.469 e. The summed E-state index contributed by atoms with van der Waals surface area (Å²) in [6.45, 7) is 4.96. The number of carbonyl (C=O) groups is 2. The first-order valence-corrected chi connectivity index (χ1v) is 11.5. The average Bonchev–Trinajstić information content (AvgIpc) is 3.26. The molecule has 0 aliphatic heterocycles. The highest BCUT2D eigenvalue weighted by Crippen LogP contribution is 2.28. The molecule has 2 aromatic heterocycles. The van der Waals surface area contributed by atoms with Crippen molar-refractivity contribution in [2.45, 2.75) is 39.7 Å². The molecule has 0 saturated carbocycles. The lowest BCUT2D eigenvalue weighted by atomic mass is 10.1. The zero-order valence-electron chi connectivity index (χ0n) is 20.8. The number of hydrogen-bond donors (Lipinski definition) is 1. The van der Waals surface area contributed by atoms with Crippen molar-refractivity contribution in [3.63, 3.8) is 0 Å². The monoisotopic (exact) mass is 475 g/mol. The molecular formula is C28H33N3O4. The van der Waals surface area contributed by atoms with Crippen LogP contribution in [0.1, 0.15) is 47.1 Å². The lowest BCUT2D eigenvalue weighted by Gasteiger charge is -2.09. The summed E-state index contributed by atoms with van der Waals surface area (Å²) in [5.74, 6) is 5.19. The summed E-state index contributed by atoms with van der Waals surface area (Å²) in [5, 5.41) is 0. The Bertz CT molecular complexity index is 1160. The lowest BCUT2D eigenvalue weighted by molar-refractivity contribution is -0.140. The number of pyridine rings is 1. The highest BCUT2D eigenvalue weighted by molar-refractivity contribution is 5.91. The van der Waals surface area contributed by atoms with E-state index in [9.17, 15) is 9.59 Å². The molecule has 0 radical (unpaired) electrons. The molecule has 2 N–H and O–H groups in total. The molecule has 0 unspecified atom stereocenters. The van der Waals surface area contributed by atoms with E-state index in [1.54, 1.807) is 23.0 Å². The van der Waals surface area contributed by atoms with Gasteiger partial charge in [0.2, 0.25) is 0 Å². The van der Waals surface area contributed by atoms with E-state index in [1.807, 2.05) is 12.1 Å². The first-order chi connectivity index (χ1) is 16.9. The van der Waals surface area contributed by atoms with Gasteiger partial charge >= 0.3 is 11.9 Å². The smallest absolute Gasteiger partial charge is 0.354 e. The number of hydrogen-bond acceptors (Lipinski definition) is 6. The van der Waals surface area contributed by atoms with Crippen LogP contribution in [0.25, 0.3) is 11.1 Å². The van der Waals surface area contributed by atoms with Gasteiger partial charge in [-0.3, -0.25) is 9.78 Å². The van der Waals surface area contributed by atoms with Gasteiger partial charge in [-0.25, -0.2) is 4.79 Å². The van der Waals surface area contributed by atoms with E-state index in [-0.39, 0.29) is 18.9 Å². The van der Waals surface area contributed by atoms with E-state index < -0.39 is 5.97 Å². The van der Waals surface area contributed by atoms with Gasteiger partial charge in [-0.05, 0) is 48.6 Å². The van der Waals surface area contributed by atoms with Crippen LogP contribution >= 0.6 is 0 Å². The molecule has 35 heavy (non-hydrogen) atoms. The molecule has 1 aromatic carbocycles. The number of esters is 2. The maximum Gasteiger partial charge on any atom is 0.354 e. The number of ether oxygens (including phenoxy) is 2. The third kappa shape index (κ3) is 8.13. The first-order valence-electron chi connectivity index (χ1n) is 11.5. The van der Waals surface area contributed by atoms with Crippen LogP contribution < -0.4 is 5.73 Å². The molecule has 0 spiro atoms. The van der Waals surface area contributed by atoms with E-state index in [4.69, 9.17) is 15.2 Å². The van der Waals surface area contributed by atoms with Gasteiger partial charge in [0.1, 0.15) is 11.4 Å². The SMILES string of the molecule is CCc1ccc(C)cc1.COC(=O)CCn1c(C(=O)OC)cc(-c2ccncc2)c1C#CCCN. The molecule has 3 rings (SSSR count). The van der Waals surface area contributed by atoms with Crippen LogP contribution in [0.4, 0.5) is 0 Å². The van der Waals surface area contributed by atoms with Crippen molar-refractivity contribution < 1.29 is 19.1 Å². The van der Waals surface area contributed by atoms with E-state index in [1.165, 1.54) is 25.3 Å². The van der Waals surface area contributed by atoms with Crippen molar-refractivity contribution in [1.82, 2.24) is 9.55 Å². The Morgan fingerprint density at radius 1 is 1.06 bits per heavy atom. The molecule has 0 fully saturated rings.